The standard InChI is InChI=1S/C19H15N3O/c1-3-4-7-14(20-2)13-10-11-15-17(12-13)22-16-8-5-6-9-18(16)23-19(22)21-15/h3-12H,2H2,1H3/b4-3-,14-7-. The maximum Gasteiger partial charge on any atom is 0.307 e. The van der Waals surface area contributed by atoms with Gasteiger partial charge in [0.2, 0.25) is 0 Å². The number of benzene rings is 2. The summed E-state index contributed by atoms with van der Waals surface area (Å²) in [6.45, 7) is 5.64. The van der Waals surface area contributed by atoms with Crippen LogP contribution in [-0.4, -0.2) is 16.1 Å². The first-order valence-electron chi connectivity index (χ1n) is 7.41. The van der Waals surface area contributed by atoms with E-state index in [0.29, 0.717) is 5.84 Å². The van der Waals surface area contributed by atoms with E-state index in [1.165, 1.54) is 0 Å². The molecule has 0 N–H and O–H groups in total. The summed E-state index contributed by atoms with van der Waals surface area (Å²) < 4.78 is 7.85. The molecule has 0 saturated heterocycles. The fourth-order valence-corrected chi connectivity index (χ4v) is 2.77. The van der Waals surface area contributed by atoms with Crippen molar-refractivity contribution >= 4 is 40.4 Å². The molecule has 0 aliphatic carbocycles. The van der Waals surface area contributed by atoms with Crippen LogP contribution in [0.25, 0.3) is 33.7 Å². The number of aliphatic imine (C=N–C) groups is 1. The Bertz CT molecular complexity index is 1100. The number of allylic oxidation sites excluding steroid dienone is 3. The second kappa shape index (κ2) is 5.25. The molecule has 0 atom stereocenters. The molecule has 0 bridgehead atoms. The maximum absolute atomic E-state index is 5.82. The molecule has 0 spiro atoms. The first kappa shape index (κ1) is 13.5. The lowest BCUT2D eigenvalue weighted by atomic mass is 10.1. The van der Waals surface area contributed by atoms with E-state index < -0.39 is 0 Å². The zero-order valence-corrected chi connectivity index (χ0v) is 12.7. The fourth-order valence-electron chi connectivity index (χ4n) is 2.77. The van der Waals surface area contributed by atoms with Gasteiger partial charge in [-0.2, -0.15) is 4.98 Å². The number of aromatic nitrogens is 2. The number of rotatable bonds is 3. The molecule has 2 aromatic heterocycles. The van der Waals surface area contributed by atoms with Crippen LogP contribution in [0.4, 0.5) is 0 Å². The molecule has 112 valence electrons. The molecule has 0 amide bonds. The third-order valence-electron chi connectivity index (χ3n) is 3.84. The van der Waals surface area contributed by atoms with Crippen molar-refractivity contribution in [3.63, 3.8) is 0 Å². The Kier molecular flexibility index (Phi) is 3.08. The highest BCUT2D eigenvalue weighted by molar-refractivity contribution is 5.90. The molecule has 0 aliphatic rings. The Hall–Kier alpha value is -3.14. The second-order valence-corrected chi connectivity index (χ2v) is 5.24. The lowest BCUT2D eigenvalue weighted by Gasteiger charge is -2.01. The number of hydrogen-bond donors (Lipinski definition) is 0. The zero-order chi connectivity index (χ0) is 15.8. The van der Waals surface area contributed by atoms with Gasteiger partial charge in [0.05, 0.1) is 22.2 Å². The van der Waals surface area contributed by atoms with Crippen molar-refractivity contribution in [3.05, 3.63) is 66.3 Å². The van der Waals surface area contributed by atoms with E-state index in [4.69, 9.17) is 4.42 Å². The van der Waals surface area contributed by atoms with Gasteiger partial charge in [0, 0.05) is 5.56 Å². The molecule has 2 heterocycles. The smallest absolute Gasteiger partial charge is 0.307 e. The van der Waals surface area contributed by atoms with Crippen molar-refractivity contribution in [1.82, 2.24) is 9.38 Å². The summed E-state index contributed by atoms with van der Waals surface area (Å²) in [4.78, 5) is 8.68. The van der Waals surface area contributed by atoms with Crippen LogP contribution in [0.3, 0.4) is 0 Å². The Morgan fingerprint density at radius 3 is 2.91 bits per heavy atom. The van der Waals surface area contributed by atoms with Crippen LogP contribution in [-0.2, 0) is 0 Å². The summed E-state index contributed by atoms with van der Waals surface area (Å²) in [5.41, 5.74) is 5.55. The summed E-state index contributed by atoms with van der Waals surface area (Å²) in [6, 6.07) is 14.0. The SMILES string of the molecule is C=N/C(=C\C=C/C)c1ccc2nc3oc4ccccc4n3c2c1. The van der Waals surface area contributed by atoms with E-state index in [-0.39, 0.29) is 0 Å². The summed E-state index contributed by atoms with van der Waals surface area (Å²) in [7, 11) is 0. The molecule has 4 nitrogen and oxygen atoms in total. The molecule has 0 saturated carbocycles. The Balaban J connectivity index is 2.03. The van der Waals surface area contributed by atoms with Crippen molar-refractivity contribution in [2.24, 2.45) is 4.99 Å². The first-order chi connectivity index (χ1) is 11.3. The van der Waals surface area contributed by atoms with E-state index in [1.54, 1.807) is 0 Å². The normalized spacial score (nSPS) is 12.8. The van der Waals surface area contributed by atoms with E-state index >= 15 is 0 Å². The summed E-state index contributed by atoms with van der Waals surface area (Å²) in [6.07, 6.45) is 5.86. The summed E-state index contributed by atoms with van der Waals surface area (Å²) in [5.74, 6) is 0.601. The predicted molar refractivity (Wildman–Crippen MR) is 94.8 cm³/mol. The van der Waals surface area contributed by atoms with Crippen LogP contribution in [0.5, 0.6) is 0 Å². The number of imidazole rings is 1. The molecule has 2 aromatic carbocycles. The Labute approximate surface area is 133 Å². The molecular formula is C19H15N3O. The fraction of sp³-hybridized carbons (Fsp3) is 0.0526. The topological polar surface area (TPSA) is 42.8 Å². The molecule has 0 fully saturated rings. The van der Waals surface area contributed by atoms with E-state index in [9.17, 15) is 0 Å². The van der Waals surface area contributed by atoms with Gasteiger partial charge >= 0.3 is 5.84 Å². The quantitative estimate of drug-likeness (QED) is 0.401. The highest BCUT2D eigenvalue weighted by Gasteiger charge is 2.13. The van der Waals surface area contributed by atoms with Gasteiger partial charge in [-0.3, -0.25) is 9.39 Å². The van der Waals surface area contributed by atoms with E-state index in [2.05, 4.69) is 22.8 Å². The average molecular weight is 301 g/mol. The number of para-hydroxylation sites is 2. The maximum atomic E-state index is 5.82. The minimum atomic E-state index is 0.601. The minimum Gasteiger partial charge on any atom is -0.423 e. The number of fused-ring (bicyclic) bond motifs is 5. The van der Waals surface area contributed by atoms with Gasteiger partial charge in [-0.15, -0.1) is 0 Å². The van der Waals surface area contributed by atoms with E-state index in [0.717, 1.165) is 33.4 Å². The highest BCUT2D eigenvalue weighted by Crippen LogP contribution is 2.28. The van der Waals surface area contributed by atoms with Crippen LogP contribution in [0, 0.1) is 0 Å². The van der Waals surface area contributed by atoms with Gasteiger partial charge in [-0.05, 0) is 44.0 Å². The molecule has 0 unspecified atom stereocenters. The predicted octanol–water partition coefficient (Wildman–Crippen LogP) is 4.85. The second-order valence-electron chi connectivity index (χ2n) is 5.24. The Morgan fingerprint density at radius 2 is 2.09 bits per heavy atom. The van der Waals surface area contributed by atoms with Crippen LogP contribution in [0.2, 0.25) is 0 Å². The molecule has 23 heavy (non-hydrogen) atoms. The zero-order valence-electron chi connectivity index (χ0n) is 12.7. The minimum absolute atomic E-state index is 0.601. The third-order valence-corrected chi connectivity index (χ3v) is 3.84. The van der Waals surface area contributed by atoms with Crippen molar-refractivity contribution in [1.29, 1.82) is 0 Å². The number of nitrogens with zero attached hydrogens (tertiary/aromatic N) is 3. The first-order valence-corrected chi connectivity index (χ1v) is 7.41. The van der Waals surface area contributed by atoms with E-state index in [1.807, 2.05) is 66.0 Å². The monoisotopic (exact) mass is 301 g/mol. The average Bonchev–Trinajstić information content (AvgIpc) is 3.11. The number of oxazole rings is 1. The van der Waals surface area contributed by atoms with Crippen molar-refractivity contribution in [3.8, 4) is 0 Å². The van der Waals surface area contributed by atoms with Gasteiger partial charge in [-0.25, -0.2) is 0 Å². The van der Waals surface area contributed by atoms with Gasteiger partial charge < -0.3 is 4.42 Å². The number of hydrogen-bond acceptors (Lipinski definition) is 3. The molecule has 4 aromatic rings. The van der Waals surface area contributed by atoms with Crippen LogP contribution >= 0.6 is 0 Å². The molecule has 0 radical (unpaired) electrons. The van der Waals surface area contributed by atoms with Gasteiger partial charge in [0.1, 0.15) is 0 Å². The molecule has 0 aliphatic heterocycles. The lowest BCUT2D eigenvalue weighted by Crippen LogP contribution is -1.84. The van der Waals surface area contributed by atoms with Crippen LogP contribution in [0.1, 0.15) is 12.5 Å². The van der Waals surface area contributed by atoms with Crippen molar-refractivity contribution in [2.45, 2.75) is 6.92 Å². The molecule has 4 rings (SSSR count). The lowest BCUT2D eigenvalue weighted by molar-refractivity contribution is 0.643. The summed E-state index contributed by atoms with van der Waals surface area (Å²) >= 11 is 0. The van der Waals surface area contributed by atoms with Gasteiger partial charge in [0.15, 0.2) is 5.58 Å². The largest absolute Gasteiger partial charge is 0.423 e. The third kappa shape index (κ3) is 2.07. The Morgan fingerprint density at radius 1 is 1.22 bits per heavy atom. The van der Waals surface area contributed by atoms with Crippen LogP contribution in [0.15, 0.2) is 70.1 Å². The summed E-state index contributed by atoms with van der Waals surface area (Å²) in [5, 5.41) is 0. The van der Waals surface area contributed by atoms with Crippen molar-refractivity contribution < 1.29 is 4.42 Å². The highest BCUT2D eigenvalue weighted by atomic mass is 16.4. The molecular weight excluding hydrogens is 286 g/mol. The molecule has 4 heteroatoms. The van der Waals surface area contributed by atoms with Gasteiger partial charge in [-0.1, -0.05) is 30.4 Å². The van der Waals surface area contributed by atoms with Gasteiger partial charge in [0.25, 0.3) is 0 Å². The van der Waals surface area contributed by atoms with Crippen LogP contribution < -0.4 is 0 Å². The van der Waals surface area contributed by atoms with Crippen molar-refractivity contribution in [2.75, 3.05) is 0 Å².